The van der Waals surface area contributed by atoms with Crippen molar-refractivity contribution >= 4 is 17.7 Å². The molecule has 2 aliphatic rings. The maximum atomic E-state index is 12.4. The highest BCUT2D eigenvalue weighted by molar-refractivity contribution is 7.98. The van der Waals surface area contributed by atoms with Gasteiger partial charge in [0, 0.05) is 24.0 Å². The van der Waals surface area contributed by atoms with Crippen LogP contribution in [0, 0.1) is 5.92 Å². The van der Waals surface area contributed by atoms with E-state index in [2.05, 4.69) is 35.8 Å². The molecule has 0 aromatic heterocycles. The molecule has 1 N–H and O–H groups in total. The van der Waals surface area contributed by atoms with Crippen LogP contribution in [0.15, 0.2) is 29.2 Å². The van der Waals surface area contributed by atoms with E-state index in [1.807, 2.05) is 11.8 Å². The highest BCUT2D eigenvalue weighted by atomic mass is 32.2. The summed E-state index contributed by atoms with van der Waals surface area (Å²) in [6.45, 7) is 4.32. The molecule has 2 saturated heterocycles. The number of nitrogens with zero attached hydrogens (tertiary/aromatic N) is 1. The molecular formula is C16H22N2O2S. The second-order valence-electron chi connectivity index (χ2n) is 5.78. The molecule has 0 spiro atoms. The Kier molecular flexibility index (Phi) is 4.52. The Balaban J connectivity index is 1.78. The summed E-state index contributed by atoms with van der Waals surface area (Å²) in [5, 5.41) is 3.41. The van der Waals surface area contributed by atoms with E-state index < -0.39 is 0 Å². The van der Waals surface area contributed by atoms with E-state index in [1.54, 1.807) is 11.8 Å². The van der Waals surface area contributed by atoms with Crippen LogP contribution in [-0.2, 0) is 9.53 Å². The van der Waals surface area contributed by atoms with Gasteiger partial charge in [0.2, 0.25) is 5.91 Å². The minimum absolute atomic E-state index is 0.0102. The first-order chi connectivity index (χ1) is 10.2. The summed E-state index contributed by atoms with van der Waals surface area (Å²) in [5.74, 6) is 0.662. The number of ether oxygens (including phenoxy) is 1. The van der Waals surface area contributed by atoms with E-state index in [9.17, 15) is 4.79 Å². The van der Waals surface area contributed by atoms with Gasteiger partial charge in [-0.1, -0.05) is 12.1 Å². The Hall–Kier alpha value is -1.04. The minimum Gasteiger partial charge on any atom is -0.381 e. The Morgan fingerprint density at radius 3 is 2.76 bits per heavy atom. The third kappa shape index (κ3) is 3.10. The largest absolute Gasteiger partial charge is 0.381 e. The van der Waals surface area contributed by atoms with Crippen molar-refractivity contribution in [3.63, 3.8) is 0 Å². The fourth-order valence-corrected chi connectivity index (χ4v) is 3.45. The third-order valence-corrected chi connectivity index (χ3v) is 5.03. The zero-order chi connectivity index (χ0) is 14.8. The molecule has 1 aromatic rings. The average Bonchev–Trinajstić information content (AvgIpc) is 3.11. The predicted molar refractivity (Wildman–Crippen MR) is 84.2 cm³/mol. The second-order valence-corrected chi connectivity index (χ2v) is 6.66. The van der Waals surface area contributed by atoms with Crippen LogP contribution in [0.3, 0.4) is 0 Å². The van der Waals surface area contributed by atoms with Crippen molar-refractivity contribution in [2.75, 3.05) is 26.0 Å². The second kappa shape index (κ2) is 6.38. The molecule has 2 heterocycles. The fourth-order valence-electron chi connectivity index (χ4n) is 3.04. The maximum absolute atomic E-state index is 12.4. The first-order valence-corrected chi connectivity index (χ1v) is 8.69. The number of nitrogens with one attached hydrogen (secondary N) is 1. The van der Waals surface area contributed by atoms with E-state index in [-0.39, 0.29) is 18.1 Å². The van der Waals surface area contributed by atoms with Gasteiger partial charge in [0.05, 0.1) is 12.6 Å². The standard InChI is InChI=1S/C16H22N2O2S/c1-11-16(19)18(9-12-7-8-20-10-12)15(17-11)13-3-5-14(21-2)6-4-13/h3-6,11-12,15,17H,7-10H2,1-2H3. The molecular weight excluding hydrogens is 284 g/mol. The number of rotatable bonds is 4. The Morgan fingerprint density at radius 2 is 2.14 bits per heavy atom. The summed E-state index contributed by atoms with van der Waals surface area (Å²) < 4.78 is 5.44. The van der Waals surface area contributed by atoms with Crippen molar-refractivity contribution in [2.24, 2.45) is 5.92 Å². The summed E-state index contributed by atoms with van der Waals surface area (Å²) in [6, 6.07) is 8.36. The van der Waals surface area contributed by atoms with Crippen molar-refractivity contribution < 1.29 is 9.53 Å². The van der Waals surface area contributed by atoms with E-state index in [0.29, 0.717) is 5.92 Å². The van der Waals surface area contributed by atoms with Gasteiger partial charge in [-0.2, -0.15) is 0 Å². The van der Waals surface area contributed by atoms with E-state index in [1.165, 1.54) is 4.90 Å². The number of amides is 1. The van der Waals surface area contributed by atoms with Crippen LogP contribution in [0.25, 0.3) is 0 Å². The van der Waals surface area contributed by atoms with Crippen LogP contribution in [0.4, 0.5) is 0 Å². The Morgan fingerprint density at radius 1 is 1.38 bits per heavy atom. The van der Waals surface area contributed by atoms with Crippen molar-refractivity contribution in [2.45, 2.75) is 30.4 Å². The van der Waals surface area contributed by atoms with Crippen molar-refractivity contribution in [1.29, 1.82) is 0 Å². The van der Waals surface area contributed by atoms with Crippen LogP contribution in [-0.4, -0.2) is 42.9 Å². The summed E-state index contributed by atoms with van der Waals surface area (Å²) >= 11 is 1.73. The number of carbonyl (C=O) groups is 1. The lowest BCUT2D eigenvalue weighted by Gasteiger charge is -2.27. The molecule has 3 atom stereocenters. The Bertz CT molecular complexity index is 500. The minimum atomic E-state index is -0.113. The molecule has 1 aromatic carbocycles. The van der Waals surface area contributed by atoms with Gasteiger partial charge in [-0.3, -0.25) is 10.1 Å². The average molecular weight is 306 g/mol. The van der Waals surface area contributed by atoms with Crippen molar-refractivity contribution in [3.05, 3.63) is 29.8 Å². The monoisotopic (exact) mass is 306 g/mol. The van der Waals surface area contributed by atoms with Crippen LogP contribution in [0.2, 0.25) is 0 Å². The molecule has 0 bridgehead atoms. The van der Waals surface area contributed by atoms with E-state index in [4.69, 9.17) is 4.74 Å². The van der Waals surface area contributed by atoms with Gasteiger partial charge in [0.25, 0.3) is 0 Å². The molecule has 1 amide bonds. The molecule has 5 heteroatoms. The lowest BCUT2D eigenvalue weighted by Crippen LogP contribution is -2.35. The Labute approximate surface area is 130 Å². The number of thioether (sulfide) groups is 1. The fraction of sp³-hybridized carbons (Fsp3) is 0.562. The van der Waals surface area contributed by atoms with E-state index in [0.717, 1.165) is 31.7 Å². The topological polar surface area (TPSA) is 41.6 Å². The van der Waals surface area contributed by atoms with Crippen LogP contribution < -0.4 is 5.32 Å². The number of carbonyl (C=O) groups excluding carboxylic acids is 1. The highest BCUT2D eigenvalue weighted by Gasteiger charge is 2.38. The zero-order valence-electron chi connectivity index (χ0n) is 12.5. The number of hydrogen-bond acceptors (Lipinski definition) is 4. The molecule has 114 valence electrons. The smallest absolute Gasteiger partial charge is 0.241 e. The van der Waals surface area contributed by atoms with Crippen molar-refractivity contribution in [1.82, 2.24) is 10.2 Å². The molecule has 0 saturated carbocycles. The van der Waals surface area contributed by atoms with Gasteiger partial charge >= 0.3 is 0 Å². The quantitative estimate of drug-likeness (QED) is 0.867. The van der Waals surface area contributed by atoms with Crippen molar-refractivity contribution in [3.8, 4) is 0 Å². The first kappa shape index (κ1) is 14.9. The molecule has 2 aliphatic heterocycles. The summed E-state index contributed by atoms with van der Waals surface area (Å²) in [4.78, 5) is 15.6. The van der Waals surface area contributed by atoms with Gasteiger partial charge in [0.1, 0.15) is 6.17 Å². The van der Waals surface area contributed by atoms with Gasteiger partial charge in [-0.05, 0) is 37.3 Å². The SMILES string of the molecule is CSc1ccc(C2NC(C)C(=O)N2CC2CCOC2)cc1. The summed E-state index contributed by atoms with van der Waals surface area (Å²) in [5.41, 5.74) is 1.16. The predicted octanol–water partition coefficient (Wildman–Crippen LogP) is 2.26. The highest BCUT2D eigenvalue weighted by Crippen LogP contribution is 2.29. The molecule has 3 rings (SSSR count). The van der Waals surface area contributed by atoms with Gasteiger partial charge in [-0.15, -0.1) is 11.8 Å². The maximum Gasteiger partial charge on any atom is 0.241 e. The lowest BCUT2D eigenvalue weighted by molar-refractivity contribution is -0.130. The summed E-state index contributed by atoms with van der Waals surface area (Å²) in [6.07, 6.45) is 3.11. The third-order valence-electron chi connectivity index (χ3n) is 4.28. The molecule has 4 nitrogen and oxygen atoms in total. The van der Waals surface area contributed by atoms with Gasteiger partial charge in [0.15, 0.2) is 0 Å². The van der Waals surface area contributed by atoms with Gasteiger partial charge in [-0.25, -0.2) is 0 Å². The lowest BCUT2D eigenvalue weighted by atomic mass is 10.1. The summed E-state index contributed by atoms with van der Waals surface area (Å²) in [7, 11) is 0. The van der Waals surface area contributed by atoms with Crippen LogP contribution in [0.5, 0.6) is 0 Å². The first-order valence-electron chi connectivity index (χ1n) is 7.47. The normalized spacial score (nSPS) is 29.3. The zero-order valence-corrected chi connectivity index (χ0v) is 13.4. The number of benzene rings is 1. The van der Waals surface area contributed by atoms with E-state index >= 15 is 0 Å². The molecule has 0 radical (unpaired) electrons. The molecule has 21 heavy (non-hydrogen) atoms. The van der Waals surface area contributed by atoms with Crippen LogP contribution in [0.1, 0.15) is 25.1 Å². The molecule has 3 unspecified atom stereocenters. The van der Waals surface area contributed by atoms with Crippen LogP contribution >= 0.6 is 11.8 Å². The number of hydrogen-bond donors (Lipinski definition) is 1. The molecule has 0 aliphatic carbocycles. The van der Waals surface area contributed by atoms with Gasteiger partial charge < -0.3 is 9.64 Å². The molecule has 2 fully saturated rings.